The second kappa shape index (κ2) is 9.25. The van der Waals surface area contributed by atoms with Gasteiger partial charge < -0.3 is 15.5 Å². The number of oxime groups is 1. The van der Waals surface area contributed by atoms with Crippen molar-refractivity contribution in [3.63, 3.8) is 0 Å². The van der Waals surface area contributed by atoms with Gasteiger partial charge in [0, 0.05) is 24.2 Å². The van der Waals surface area contributed by atoms with Crippen LogP contribution in [0.15, 0.2) is 5.16 Å². The molecule has 1 amide bonds. The summed E-state index contributed by atoms with van der Waals surface area (Å²) in [6.45, 7) is 14.8. The Kier molecular flexibility index (Phi) is 8.00. The number of nitrogens with two attached hydrogens (primary N) is 1. The van der Waals surface area contributed by atoms with Crippen LogP contribution in [0.3, 0.4) is 0 Å². The molecule has 0 aromatic heterocycles. The van der Waals surface area contributed by atoms with Gasteiger partial charge >= 0.3 is 0 Å². The van der Waals surface area contributed by atoms with Crippen LogP contribution in [-0.4, -0.2) is 58.4 Å². The van der Waals surface area contributed by atoms with Crippen molar-refractivity contribution in [2.24, 2.45) is 10.9 Å². The van der Waals surface area contributed by atoms with E-state index >= 15 is 0 Å². The zero-order chi connectivity index (χ0) is 18.4. The Morgan fingerprint density at radius 3 is 2.12 bits per heavy atom. The Balaban J connectivity index is 2.61. The van der Waals surface area contributed by atoms with Gasteiger partial charge in [-0.3, -0.25) is 9.69 Å². The van der Waals surface area contributed by atoms with Gasteiger partial charge in [-0.1, -0.05) is 11.6 Å². The third-order valence-electron chi connectivity index (χ3n) is 4.76. The maximum atomic E-state index is 12.5. The molecule has 0 saturated carbocycles. The summed E-state index contributed by atoms with van der Waals surface area (Å²) in [6.07, 6.45) is 3.00. The first-order valence-electron chi connectivity index (χ1n) is 9.21. The number of carbonyl (C=O) groups is 1. The molecular formula is C18H36N4O2. The van der Waals surface area contributed by atoms with Crippen molar-refractivity contribution in [2.75, 3.05) is 6.54 Å². The fraction of sp³-hybridized carbons (Fsp3) is 0.889. The van der Waals surface area contributed by atoms with Crippen LogP contribution in [0.2, 0.25) is 0 Å². The maximum absolute atomic E-state index is 12.5. The molecule has 6 heteroatoms. The standard InChI is InChI=1S/C18H36N4O2/c1-12(2)22(13(3)4)18(23)16(7)24-20-17(19)11-21-14(5)9-8-10-15(21)6/h12-16H,8-11H2,1-7H3,(H2,19,20). The van der Waals surface area contributed by atoms with Crippen LogP contribution in [0.25, 0.3) is 0 Å². The Morgan fingerprint density at radius 1 is 1.17 bits per heavy atom. The SMILES string of the molecule is CC(ON=C(N)CN1C(C)CCCC1C)C(=O)N(C(C)C)C(C)C. The van der Waals surface area contributed by atoms with Gasteiger partial charge in [0.05, 0.1) is 6.54 Å². The van der Waals surface area contributed by atoms with Crippen LogP contribution in [0.1, 0.15) is 67.7 Å². The minimum atomic E-state index is -0.635. The van der Waals surface area contributed by atoms with Crippen molar-refractivity contribution in [2.45, 2.75) is 98.0 Å². The van der Waals surface area contributed by atoms with E-state index in [2.05, 4.69) is 23.9 Å². The van der Waals surface area contributed by atoms with Crippen LogP contribution >= 0.6 is 0 Å². The van der Waals surface area contributed by atoms with E-state index in [4.69, 9.17) is 10.6 Å². The Labute approximate surface area is 147 Å². The molecule has 140 valence electrons. The summed E-state index contributed by atoms with van der Waals surface area (Å²) in [7, 11) is 0. The predicted octanol–water partition coefficient (Wildman–Crippen LogP) is 2.57. The number of likely N-dealkylation sites (tertiary alicyclic amines) is 1. The number of rotatable bonds is 7. The summed E-state index contributed by atoms with van der Waals surface area (Å²) in [5.41, 5.74) is 6.03. The third-order valence-corrected chi connectivity index (χ3v) is 4.76. The molecule has 6 nitrogen and oxygen atoms in total. The van der Waals surface area contributed by atoms with E-state index in [9.17, 15) is 4.79 Å². The molecule has 3 unspecified atom stereocenters. The van der Waals surface area contributed by atoms with E-state index in [0.717, 1.165) is 0 Å². The van der Waals surface area contributed by atoms with Crippen LogP contribution in [-0.2, 0) is 9.63 Å². The first-order chi connectivity index (χ1) is 11.1. The molecule has 1 heterocycles. The lowest BCUT2D eigenvalue weighted by atomic mass is 9.97. The Morgan fingerprint density at radius 2 is 1.67 bits per heavy atom. The van der Waals surface area contributed by atoms with Crippen LogP contribution in [0.4, 0.5) is 0 Å². The molecule has 24 heavy (non-hydrogen) atoms. The average Bonchev–Trinajstić information content (AvgIpc) is 2.47. The second-order valence-electron chi connectivity index (χ2n) is 7.56. The molecule has 0 aliphatic carbocycles. The van der Waals surface area contributed by atoms with Gasteiger partial charge in [0.2, 0.25) is 6.10 Å². The number of hydrogen-bond acceptors (Lipinski definition) is 4. The van der Waals surface area contributed by atoms with Gasteiger partial charge in [-0.25, -0.2) is 0 Å². The Bertz CT molecular complexity index is 419. The van der Waals surface area contributed by atoms with Gasteiger partial charge in [-0.15, -0.1) is 0 Å². The second-order valence-corrected chi connectivity index (χ2v) is 7.56. The quantitative estimate of drug-likeness (QED) is 0.439. The smallest absolute Gasteiger partial charge is 0.266 e. The highest BCUT2D eigenvalue weighted by atomic mass is 16.6. The van der Waals surface area contributed by atoms with Gasteiger partial charge in [0.1, 0.15) is 0 Å². The molecule has 0 radical (unpaired) electrons. The van der Waals surface area contributed by atoms with E-state index in [-0.39, 0.29) is 18.0 Å². The van der Waals surface area contributed by atoms with Gasteiger partial charge in [-0.2, -0.15) is 0 Å². The molecule has 1 aliphatic rings. The fourth-order valence-electron chi connectivity index (χ4n) is 3.51. The van der Waals surface area contributed by atoms with E-state index in [1.807, 2.05) is 32.6 Å². The van der Waals surface area contributed by atoms with E-state index < -0.39 is 6.10 Å². The zero-order valence-corrected chi connectivity index (χ0v) is 16.5. The molecule has 0 aromatic carbocycles. The highest BCUT2D eigenvalue weighted by Gasteiger charge is 2.27. The summed E-state index contributed by atoms with van der Waals surface area (Å²) in [5, 5.41) is 4.01. The minimum Gasteiger partial charge on any atom is -0.383 e. The number of amidine groups is 1. The molecule has 1 saturated heterocycles. The highest BCUT2D eigenvalue weighted by Crippen LogP contribution is 2.21. The lowest BCUT2D eigenvalue weighted by molar-refractivity contribution is -0.146. The van der Waals surface area contributed by atoms with Gasteiger partial charge in [-0.05, 0) is 61.3 Å². The molecule has 3 atom stereocenters. The van der Waals surface area contributed by atoms with E-state index in [1.54, 1.807) is 6.92 Å². The molecule has 0 spiro atoms. The predicted molar refractivity (Wildman–Crippen MR) is 98.8 cm³/mol. The van der Waals surface area contributed by atoms with E-state index in [1.165, 1.54) is 19.3 Å². The first kappa shape index (κ1) is 20.7. The van der Waals surface area contributed by atoms with Crippen LogP contribution in [0, 0.1) is 0 Å². The molecular weight excluding hydrogens is 304 g/mol. The molecule has 1 rings (SSSR count). The molecule has 1 aliphatic heterocycles. The summed E-state index contributed by atoms with van der Waals surface area (Å²) < 4.78 is 0. The summed E-state index contributed by atoms with van der Waals surface area (Å²) >= 11 is 0. The normalized spacial score (nSPS) is 24.3. The van der Waals surface area contributed by atoms with Gasteiger partial charge in [0.25, 0.3) is 5.91 Å². The molecule has 0 aromatic rings. The number of amides is 1. The number of carbonyl (C=O) groups excluding carboxylic acids is 1. The summed E-state index contributed by atoms with van der Waals surface area (Å²) in [4.78, 5) is 22.1. The van der Waals surface area contributed by atoms with Crippen LogP contribution < -0.4 is 5.73 Å². The number of nitrogens with zero attached hydrogens (tertiary/aromatic N) is 3. The van der Waals surface area contributed by atoms with Crippen molar-refractivity contribution < 1.29 is 9.63 Å². The fourth-order valence-corrected chi connectivity index (χ4v) is 3.51. The van der Waals surface area contributed by atoms with Crippen LogP contribution in [0.5, 0.6) is 0 Å². The molecule has 0 bridgehead atoms. The first-order valence-corrected chi connectivity index (χ1v) is 9.21. The topological polar surface area (TPSA) is 71.2 Å². The van der Waals surface area contributed by atoms with Crippen molar-refractivity contribution >= 4 is 11.7 Å². The summed E-state index contributed by atoms with van der Waals surface area (Å²) in [5.74, 6) is 0.368. The van der Waals surface area contributed by atoms with Crippen molar-refractivity contribution in [1.29, 1.82) is 0 Å². The summed E-state index contributed by atoms with van der Waals surface area (Å²) in [6, 6.07) is 1.25. The lowest BCUT2D eigenvalue weighted by Crippen LogP contribution is -2.48. The zero-order valence-electron chi connectivity index (χ0n) is 16.5. The molecule has 1 fully saturated rings. The minimum absolute atomic E-state index is 0.0590. The highest BCUT2D eigenvalue weighted by molar-refractivity contribution is 5.83. The van der Waals surface area contributed by atoms with Gasteiger partial charge in [0.15, 0.2) is 5.84 Å². The lowest BCUT2D eigenvalue weighted by Gasteiger charge is -2.38. The maximum Gasteiger partial charge on any atom is 0.266 e. The Hall–Kier alpha value is -1.30. The average molecular weight is 341 g/mol. The van der Waals surface area contributed by atoms with Crippen molar-refractivity contribution in [1.82, 2.24) is 9.80 Å². The van der Waals surface area contributed by atoms with Crippen molar-refractivity contribution in [3.05, 3.63) is 0 Å². The monoisotopic (exact) mass is 340 g/mol. The molecule has 2 N–H and O–H groups in total. The number of piperidine rings is 1. The number of hydrogen-bond donors (Lipinski definition) is 1. The third kappa shape index (κ3) is 5.65. The van der Waals surface area contributed by atoms with E-state index in [0.29, 0.717) is 24.5 Å². The van der Waals surface area contributed by atoms with Crippen molar-refractivity contribution in [3.8, 4) is 0 Å². The largest absolute Gasteiger partial charge is 0.383 e.